The van der Waals surface area contributed by atoms with Crippen LogP contribution >= 0.6 is 11.6 Å². The number of aliphatic hydroxyl groups excluding tert-OH is 1. The molecule has 0 aliphatic rings. The largest absolute Gasteiger partial charge is 0.416 e. The molecule has 1 rings (SSSR count). The number of halogens is 4. The van der Waals surface area contributed by atoms with Gasteiger partial charge in [-0.25, -0.2) is 0 Å². The van der Waals surface area contributed by atoms with E-state index in [4.69, 9.17) is 17.3 Å². The van der Waals surface area contributed by atoms with E-state index in [0.29, 0.717) is 0 Å². The molecule has 0 radical (unpaired) electrons. The number of alkyl halides is 3. The summed E-state index contributed by atoms with van der Waals surface area (Å²) < 4.78 is 37.0. The van der Waals surface area contributed by atoms with Crippen molar-refractivity contribution in [2.24, 2.45) is 5.73 Å². The van der Waals surface area contributed by atoms with Crippen LogP contribution in [0.4, 0.5) is 13.2 Å². The molecule has 0 spiro atoms. The number of aliphatic hydroxyl groups is 1. The van der Waals surface area contributed by atoms with Crippen LogP contribution in [0.15, 0.2) is 18.2 Å². The maximum atomic E-state index is 12.3. The minimum absolute atomic E-state index is 0.0670. The molecule has 3 N–H and O–H groups in total. The molecule has 0 amide bonds. The topological polar surface area (TPSA) is 46.2 Å². The van der Waals surface area contributed by atoms with Gasteiger partial charge in [0.05, 0.1) is 11.7 Å². The highest BCUT2D eigenvalue weighted by Crippen LogP contribution is 2.33. The maximum absolute atomic E-state index is 12.3. The number of benzene rings is 1. The van der Waals surface area contributed by atoms with Crippen LogP contribution in [0, 0.1) is 0 Å². The van der Waals surface area contributed by atoms with Gasteiger partial charge in [-0.15, -0.1) is 0 Å². The van der Waals surface area contributed by atoms with Crippen molar-refractivity contribution in [3.8, 4) is 0 Å². The van der Waals surface area contributed by atoms with E-state index >= 15 is 0 Å². The zero-order valence-electron chi connectivity index (χ0n) is 7.55. The fraction of sp³-hybridized carbons (Fsp3) is 0.333. The van der Waals surface area contributed by atoms with Crippen LogP contribution in [0.2, 0.25) is 5.02 Å². The van der Waals surface area contributed by atoms with Gasteiger partial charge in [0, 0.05) is 11.6 Å². The molecule has 0 unspecified atom stereocenters. The molecule has 1 atom stereocenters. The molecule has 15 heavy (non-hydrogen) atoms. The minimum atomic E-state index is -4.48. The first-order valence-corrected chi connectivity index (χ1v) is 4.48. The fourth-order valence-corrected chi connectivity index (χ4v) is 1.35. The molecule has 0 aliphatic heterocycles. The van der Waals surface area contributed by atoms with Gasteiger partial charge in [0.1, 0.15) is 0 Å². The first-order valence-electron chi connectivity index (χ1n) is 4.10. The van der Waals surface area contributed by atoms with Gasteiger partial charge in [-0.3, -0.25) is 0 Å². The molecule has 0 saturated heterocycles. The van der Waals surface area contributed by atoms with Crippen molar-refractivity contribution in [3.63, 3.8) is 0 Å². The van der Waals surface area contributed by atoms with Crippen LogP contribution in [-0.2, 0) is 6.18 Å². The molecule has 0 fully saturated rings. The van der Waals surface area contributed by atoms with Crippen molar-refractivity contribution in [2.45, 2.75) is 12.3 Å². The van der Waals surface area contributed by atoms with Gasteiger partial charge in [0.2, 0.25) is 0 Å². The summed E-state index contributed by atoms with van der Waals surface area (Å²) in [6.45, 7) is -0.155. The zero-order valence-corrected chi connectivity index (χ0v) is 8.31. The van der Waals surface area contributed by atoms with Gasteiger partial charge in [0.15, 0.2) is 0 Å². The highest BCUT2D eigenvalue weighted by atomic mass is 35.5. The van der Waals surface area contributed by atoms with Gasteiger partial charge in [-0.05, 0) is 23.8 Å². The summed E-state index contributed by atoms with van der Waals surface area (Å²) in [4.78, 5) is 0. The second kappa shape index (κ2) is 4.38. The van der Waals surface area contributed by atoms with Gasteiger partial charge in [0.25, 0.3) is 0 Å². The number of hydrogen-bond acceptors (Lipinski definition) is 2. The lowest BCUT2D eigenvalue weighted by Crippen LogP contribution is -2.13. The van der Waals surface area contributed by atoms with Crippen LogP contribution in [0.5, 0.6) is 0 Å². The fourth-order valence-electron chi connectivity index (χ4n) is 1.10. The van der Waals surface area contributed by atoms with Crippen molar-refractivity contribution < 1.29 is 18.3 Å². The van der Waals surface area contributed by atoms with Crippen LogP contribution in [-0.4, -0.2) is 11.7 Å². The third kappa shape index (κ3) is 3.09. The van der Waals surface area contributed by atoms with E-state index in [2.05, 4.69) is 0 Å². The second-order valence-electron chi connectivity index (χ2n) is 3.02. The lowest BCUT2D eigenvalue weighted by molar-refractivity contribution is -0.137. The van der Waals surface area contributed by atoms with Crippen LogP contribution in [0.25, 0.3) is 0 Å². The van der Waals surface area contributed by atoms with Crippen molar-refractivity contribution in [3.05, 3.63) is 34.3 Å². The lowest BCUT2D eigenvalue weighted by Gasteiger charge is -2.12. The summed E-state index contributed by atoms with van der Waals surface area (Å²) >= 11 is 5.51. The molecule has 84 valence electrons. The van der Waals surface area contributed by atoms with Gasteiger partial charge >= 0.3 is 6.18 Å². The van der Waals surface area contributed by atoms with Crippen molar-refractivity contribution in [2.75, 3.05) is 6.54 Å². The molecule has 0 aliphatic carbocycles. The predicted octanol–water partition coefficient (Wildman–Crippen LogP) is 2.35. The van der Waals surface area contributed by atoms with E-state index in [1.165, 1.54) is 6.07 Å². The smallest absolute Gasteiger partial charge is 0.387 e. The maximum Gasteiger partial charge on any atom is 0.416 e. The van der Waals surface area contributed by atoms with E-state index < -0.39 is 17.8 Å². The first-order chi connectivity index (χ1) is 6.84. The Bertz CT molecular complexity index is 354. The summed E-state index contributed by atoms with van der Waals surface area (Å²) in [5.41, 5.74) is 4.31. The summed E-state index contributed by atoms with van der Waals surface area (Å²) in [6, 6.07) is 2.89. The standard InChI is InChI=1S/C9H9ClF3NO/c10-7-2-5(8(15)4-14)1-6(3-7)9(11,12)13/h1-3,8,15H,4,14H2/t8-/m1/s1. The molecule has 1 aromatic rings. The van der Waals surface area contributed by atoms with Crippen molar-refractivity contribution >= 4 is 11.6 Å². The second-order valence-corrected chi connectivity index (χ2v) is 3.46. The van der Waals surface area contributed by atoms with E-state index in [9.17, 15) is 18.3 Å². The predicted molar refractivity (Wildman–Crippen MR) is 50.5 cm³/mol. The first kappa shape index (κ1) is 12.3. The average molecular weight is 240 g/mol. The van der Waals surface area contributed by atoms with Gasteiger partial charge in [-0.2, -0.15) is 13.2 Å². The Kier molecular flexibility index (Phi) is 3.59. The Morgan fingerprint density at radius 3 is 2.40 bits per heavy atom. The lowest BCUT2D eigenvalue weighted by atomic mass is 10.1. The molecule has 2 nitrogen and oxygen atoms in total. The summed E-state index contributed by atoms with van der Waals surface area (Å²) in [7, 11) is 0. The Morgan fingerprint density at radius 1 is 1.33 bits per heavy atom. The monoisotopic (exact) mass is 239 g/mol. The quantitative estimate of drug-likeness (QED) is 0.832. The Morgan fingerprint density at radius 2 is 1.93 bits per heavy atom. The van der Waals surface area contributed by atoms with Crippen LogP contribution in [0.1, 0.15) is 17.2 Å². The molecule has 1 aromatic carbocycles. The average Bonchev–Trinajstić information content (AvgIpc) is 2.14. The molecule has 6 heteroatoms. The normalized spacial score (nSPS) is 14.0. The number of rotatable bonds is 2. The molecule has 0 aromatic heterocycles. The van der Waals surface area contributed by atoms with Crippen molar-refractivity contribution in [1.29, 1.82) is 0 Å². The molecular formula is C9H9ClF3NO. The summed E-state index contributed by atoms with van der Waals surface area (Å²) in [6.07, 6.45) is -5.61. The number of nitrogens with two attached hydrogens (primary N) is 1. The summed E-state index contributed by atoms with van der Waals surface area (Å²) in [5.74, 6) is 0. The Balaban J connectivity index is 3.17. The zero-order chi connectivity index (χ0) is 11.6. The van der Waals surface area contributed by atoms with Crippen LogP contribution < -0.4 is 5.73 Å². The third-order valence-electron chi connectivity index (χ3n) is 1.86. The highest BCUT2D eigenvalue weighted by Gasteiger charge is 2.31. The Hall–Kier alpha value is -0.780. The molecule has 0 saturated carbocycles. The molecule has 0 bridgehead atoms. The molecular weight excluding hydrogens is 231 g/mol. The minimum Gasteiger partial charge on any atom is -0.387 e. The van der Waals surface area contributed by atoms with E-state index in [-0.39, 0.29) is 17.1 Å². The van der Waals surface area contributed by atoms with Gasteiger partial charge in [-0.1, -0.05) is 11.6 Å². The van der Waals surface area contributed by atoms with Crippen molar-refractivity contribution in [1.82, 2.24) is 0 Å². The van der Waals surface area contributed by atoms with E-state index in [0.717, 1.165) is 12.1 Å². The third-order valence-corrected chi connectivity index (χ3v) is 2.07. The van der Waals surface area contributed by atoms with E-state index in [1.807, 2.05) is 0 Å². The van der Waals surface area contributed by atoms with E-state index in [1.54, 1.807) is 0 Å². The highest BCUT2D eigenvalue weighted by molar-refractivity contribution is 6.30. The SMILES string of the molecule is NC[C@@H](O)c1cc(Cl)cc(C(F)(F)F)c1. The van der Waals surface area contributed by atoms with Gasteiger partial charge < -0.3 is 10.8 Å². The van der Waals surface area contributed by atoms with Crippen LogP contribution in [0.3, 0.4) is 0 Å². The molecule has 0 heterocycles. The number of hydrogen-bond donors (Lipinski definition) is 2. The Labute approximate surface area is 89.5 Å². The summed E-state index contributed by atoms with van der Waals surface area (Å²) in [5, 5.41) is 9.22.